The number of anilines is 2. The highest BCUT2D eigenvalue weighted by Crippen LogP contribution is 2.15. The van der Waals surface area contributed by atoms with Crippen LogP contribution in [0, 0.1) is 6.92 Å². The molecular formula is C25H26N4O6S2. The van der Waals surface area contributed by atoms with Crippen molar-refractivity contribution in [2.45, 2.75) is 18.2 Å². The van der Waals surface area contributed by atoms with Crippen molar-refractivity contribution < 1.29 is 27.5 Å². The molecule has 0 bridgehead atoms. The molecule has 194 valence electrons. The molecule has 3 aromatic rings. The number of thiol groups is 1. The van der Waals surface area contributed by atoms with Gasteiger partial charge in [-0.05, 0) is 55.8 Å². The van der Waals surface area contributed by atoms with Gasteiger partial charge in [0, 0.05) is 12.2 Å². The number of para-hydroxylation sites is 1. The van der Waals surface area contributed by atoms with Gasteiger partial charge in [0.25, 0.3) is 10.0 Å². The molecule has 3 rings (SSSR count). The van der Waals surface area contributed by atoms with Crippen molar-refractivity contribution in [1.82, 2.24) is 10.0 Å². The highest BCUT2D eigenvalue weighted by atomic mass is 32.2. The van der Waals surface area contributed by atoms with Gasteiger partial charge in [-0.2, -0.15) is 0 Å². The fourth-order valence-corrected chi connectivity index (χ4v) is 4.17. The summed E-state index contributed by atoms with van der Waals surface area (Å²) in [5.41, 5.74) is 1.86. The van der Waals surface area contributed by atoms with Gasteiger partial charge in [0.2, 0.25) is 0 Å². The highest BCUT2D eigenvalue weighted by Gasteiger charge is 2.18. The van der Waals surface area contributed by atoms with Crippen LogP contribution in [-0.4, -0.2) is 39.6 Å². The highest BCUT2D eigenvalue weighted by molar-refractivity contribution is 7.90. The summed E-state index contributed by atoms with van der Waals surface area (Å²) >= 11 is 4.17. The molecule has 0 aliphatic carbocycles. The molecule has 0 saturated carbocycles. The summed E-state index contributed by atoms with van der Waals surface area (Å²) in [7, 11) is -4.06. The summed E-state index contributed by atoms with van der Waals surface area (Å²) in [6.45, 7) is 2.12. The average Bonchev–Trinajstić information content (AvgIpc) is 2.88. The molecule has 12 heteroatoms. The van der Waals surface area contributed by atoms with Gasteiger partial charge in [0.15, 0.2) is 0 Å². The number of rotatable bonds is 9. The maximum atomic E-state index is 12.4. The van der Waals surface area contributed by atoms with E-state index < -0.39 is 28.1 Å². The maximum Gasteiger partial charge on any atom is 0.338 e. The lowest BCUT2D eigenvalue weighted by Crippen LogP contribution is -2.35. The molecule has 3 N–H and O–H groups in total. The molecule has 0 unspecified atom stereocenters. The normalized spacial score (nSPS) is 10.8. The number of esters is 1. The Kier molecular flexibility index (Phi) is 9.52. The van der Waals surface area contributed by atoms with Gasteiger partial charge in [-0.3, -0.25) is 0 Å². The van der Waals surface area contributed by atoms with E-state index in [0.717, 1.165) is 5.56 Å². The fraction of sp³-hybridized carbons (Fsp3) is 0.160. The SMILES string of the molecule is Cc1ccc(S(=O)(=O)NC(=O)Nc2cccc(C(=O)OCCCNC(=O)N(S)c3ccccc3)c2)cc1. The van der Waals surface area contributed by atoms with Crippen LogP contribution in [0.3, 0.4) is 0 Å². The van der Waals surface area contributed by atoms with Crippen LogP contribution < -0.4 is 19.7 Å². The molecule has 37 heavy (non-hydrogen) atoms. The van der Waals surface area contributed by atoms with Crippen molar-refractivity contribution in [2.75, 3.05) is 22.8 Å². The van der Waals surface area contributed by atoms with Crippen LogP contribution in [0.25, 0.3) is 0 Å². The first-order valence-electron chi connectivity index (χ1n) is 11.2. The van der Waals surface area contributed by atoms with Crippen LogP contribution in [0.4, 0.5) is 21.0 Å². The summed E-state index contributed by atoms with van der Waals surface area (Å²) in [6.07, 6.45) is 0.366. The zero-order chi connectivity index (χ0) is 26.8. The first-order valence-corrected chi connectivity index (χ1v) is 13.0. The van der Waals surface area contributed by atoms with Crippen LogP contribution in [0.5, 0.6) is 0 Å². The predicted molar refractivity (Wildman–Crippen MR) is 143 cm³/mol. The van der Waals surface area contributed by atoms with Crippen LogP contribution in [0.1, 0.15) is 22.3 Å². The van der Waals surface area contributed by atoms with E-state index in [1.165, 1.54) is 40.7 Å². The number of hydrogen-bond donors (Lipinski definition) is 4. The minimum Gasteiger partial charge on any atom is -0.462 e. The van der Waals surface area contributed by atoms with Gasteiger partial charge in [0.1, 0.15) is 0 Å². The second kappa shape index (κ2) is 12.8. The van der Waals surface area contributed by atoms with Crippen molar-refractivity contribution >= 4 is 52.2 Å². The Labute approximate surface area is 220 Å². The number of nitrogens with zero attached hydrogens (tertiary/aromatic N) is 1. The van der Waals surface area contributed by atoms with Crippen LogP contribution in [0.15, 0.2) is 83.8 Å². The van der Waals surface area contributed by atoms with Crippen LogP contribution in [-0.2, 0) is 14.8 Å². The Morgan fingerprint density at radius 3 is 2.35 bits per heavy atom. The monoisotopic (exact) mass is 542 g/mol. The van der Waals surface area contributed by atoms with Gasteiger partial charge in [0.05, 0.1) is 22.8 Å². The van der Waals surface area contributed by atoms with E-state index in [4.69, 9.17) is 4.74 Å². The molecule has 0 fully saturated rings. The van der Waals surface area contributed by atoms with Gasteiger partial charge < -0.3 is 15.4 Å². The third-order valence-corrected chi connectivity index (χ3v) is 6.70. The summed E-state index contributed by atoms with van der Waals surface area (Å²) in [5.74, 6) is -0.636. The number of nitrogens with one attached hydrogen (secondary N) is 3. The number of ether oxygens (including phenoxy) is 1. The summed E-state index contributed by atoms with van der Waals surface area (Å²) in [4.78, 5) is 36.7. The molecule has 4 amide bonds. The van der Waals surface area contributed by atoms with Crippen molar-refractivity contribution in [3.05, 3.63) is 90.0 Å². The number of benzene rings is 3. The number of carbonyl (C=O) groups excluding carboxylic acids is 3. The van der Waals surface area contributed by atoms with E-state index in [-0.39, 0.29) is 29.3 Å². The van der Waals surface area contributed by atoms with Crippen LogP contribution >= 0.6 is 12.8 Å². The van der Waals surface area contributed by atoms with Crippen LogP contribution in [0.2, 0.25) is 0 Å². The Hall–Kier alpha value is -4.03. The Bertz CT molecular complexity index is 1350. The molecule has 0 aliphatic rings. The van der Waals surface area contributed by atoms with Gasteiger partial charge >= 0.3 is 18.0 Å². The van der Waals surface area contributed by atoms with Crippen molar-refractivity contribution in [1.29, 1.82) is 0 Å². The fourth-order valence-electron chi connectivity index (χ4n) is 3.06. The molecule has 0 atom stereocenters. The zero-order valence-corrected chi connectivity index (χ0v) is 21.6. The predicted octanol–water partition coefficient (Wildman–Crippen LogP) is 4.11. The Morgan fingerprint density at radius 2 is 1.65 bits per heavy atom. The van der Waals surface area contributed by atoms with E-state index in [0.29, 0.717) is 12.1 Å². The number of aryl methyl sites for hydroxylation is 1. The van der Waals surface area contributed by atoms with Gasteiger partial charge in [-0.25, -0.2) is 31.8 Å². The molecule has 0 heterocycles. The first-order chi connectivity index (χ1) is 17.7. The molecule has 10 nitrogen and oxygen atoms in total. The minimum absolute atomic E-state index is 0.0456. The number of carbonyl (C=O) groups is 3. The lowest BCUT2D eigenvalue weighted by Gasteiger charge is -2.16. The van der Waals surface area contributed by atoms with E-state index in [1.54, 1.807) is 36.4 Å². The molecule has 0 saturated heterocycles. The van der Waals surface area contributed by atoms with Gasteiger partial charge in [-0.15, -0.1) is 0 Å². The Morgan fingerprint density at radius 1 is 0.946 bits per heavy atom. The Balaban J connectivity index is 1.44. The first kappa shape index (κ1) is 27.6. The maximum absolute atomic E-state index is 12.4. The molecule has 0 spiro atoms. The summed E-state index contributed by atoms with van der Waals surface area (Å²) in [5, 5.41) is 5.06. The van der Waals surface area contributed by atoms with E-state index in [1.807, 2.05) is 17.7 Å². The molecule has 0 aliphatic heterocycles. The lowest BCUT2D eigenvalue weighted by molar-refractivity contribution is 0.0501. The second-order valence-electron chi connectivity index (χ2n) is 7.82. The number of sulfonamides is 1. The number of amides is 4. The zero-order valence-electron chi connectivity index (χ0n) is 19.9. The topological polar surface area (TPSA) is 134 Å². The number of urea groups is 2. The minimum atomic E-state index is -4.06. The smallest absolute Gasteiger partial charge is 0.338 e. The average molecular weight is 543 g/mol. The summed E-state index contributed by atoms with van der Waals surface area (Å²) < 4.78 is 33.0. The van der Waals surface area contributed by atoms with E-state index in [9.17, 15) is 22.8 Å². The van der Waals surface area contributed by atoms with Gasteiger partial charge in [-0.1, -0.05) is 54.8 Å². The summed E-state index contributed by atoms with van der Waals surface area (Å²) in [6, 6.07) is 19.4. The molecule has 0 radical (unpaired) electrons. The van der Waals surface area contributed by atoms with Crippen molar-refractivity contribution in [3.63, 3.8) is 0 Å². The standard InChI is InChI=1S/C25H26N4O6S2/c1-18-11-13-22(14-12-18)37(33,34)28-24(31)27-20-8-5-7-19(17-20)23(30)35-16-6-15-26-25(32)29(36)21-9-3-2-4-10-21/h2-5,7-14,17,36H,6,15-16H2,1H3,(H,26,32)(H2,27,28,31). The molecule has 3 aromatic carbocycles. The number of hydrogen-bond acceptors (Lipinski definition) is 7. The van der Waals surface area contributed by atoms with E-state index >= 15 is 0 Å². The third-order valence-electron chi connectivity index (χ3n) is 4.94. The second-order valence-corrected chi connectivity index (χ2v) is 9.90. The van der Waals surface area contributed by atoms with E-state index in [2.05, 4.69) is 23.4 Å². The molecule has 0 aromatic heterocycles. The third kappa shape index (κ3) is 8.26. The largest absolute Gasteiger partial charge is 0.462 e. The molecular weight excluding hydrogens is 516 g/mol. The van der Waals surface area contributed by atoms with Crippen molar-refractivity contribution in [3.8, 4) is 0 Å². The lowest BCUT2D eigenvalue weighted by atomic mass is 10.2. The quantitative estimate of drug-likeness (QED) is 0.183. The van der Waals surface area contributed by atoms with Crippen molar-refractivity contribution in [2.24, 2.45) is 0 Å².